The van der Waals surface area contributed by atoms with Crippen molar-refractivity contribution in [3.8, 4) is 22.8 Å². The molecule has 96 valence electrons. The highest BCUT2D eigenvalue weighted by atomic mass is 32.2. The van der Waals surface area contributed by atoms with Crippen LogP contribution in [0.1, 0.15) is 0 Å². The maximum absolute atomic E-state index is 11.0. The first kappa shape index (κ1) is 12.3. The SMILES string of the molecule is CS(=O)(=O)Nc1oc(-c2ccccc2)c(O)c1O. The van der Waals surface area contributed by atoms with E-state index in [1.165, 1.54) is 0 Å². The van der Waals surface area contributed by atoms with Crippen LogP contribution in [0, 0.1) is 0 Å². The maximum Gasteiger partial charge on any atom is 0.253 e. The summed E-state index contributed by atoms with van der Waals surface area (Å²) < 4.78 is 29.2. The topological polar surface area (TPSA) is 99.8 Å². The standard InChI is InChI=1S/C11H11NO5S/c1-18(15,16)12-11-9(14)8(13)10(17-11)7-5-3-2-4-6-7/h2-6,12-14H,1H3. The van der Waals surface area contributed by atoms with Gasteiger partial charge in [0.2, 0.25) is 21.5 Å². The molecule has 2 aromatic rings. The van der Waals surface area contributed by atoms with Crippen LogP contribution >= 0.6 is 0 Å². The van der Waals surface area contributed by atoms with Crippen molar-refractivity contribution in [1.82, 2.24) is 0 Å². The summed E-state index contributed by atoms with van der Waals surface area (Å²) in [4.78, 5) is 0. The van der Waals surface area contributed by atoms with Crippen molar-refractivity contribution >= 4 is 15.9 Å². The van der Waals surface area contributed by atoms with Gasteiger partial charge in [0.25, 0.3) is 5.88 Å². The summed E-state index contributed by atoms with van der Waals surface area (Å²) >= 11 is 0. The second-order valence-electron chi connectivity index (χ2n) is 3.70. The number of benzene rings is 1. The molecule has 2 rings (SSSR count). The summed E-state index contributed by atoms with van der Waals surface area (Å²) in [6.45, 7) is 0. The minimum Gasteiger partial charge on any atom is -0.502 e. The summed E-state index contributed by atoms with van der Waals surface area (Å²) in [6, 6.07) is 8.53. The number of aromatic hydroxyl groups is 2. The first-order valence-corrected chi connectivity index (χ1v) is 6.85. The number of nitrogens with one attached hydrogen (secondary N) is 1. The highest BCUT2D eigenvalue weighted by Crippen LogP contribution is 2.45. The lowest BCUT2D eigenvalue weighted by molar-refractivity contribution is 0.410. The Morgan fingerprint density at radius 3 is 2.28 bits per heavy atom. The van der Waals surface area contributed by atoms with Crippen molar-refractivity contribution in [3.05, 3.63) is 30.3 Å². The van der Waals surface area contributed by atoms with E-state index in [1.54, 1.807) is 30.3 Å². The van der Waals surface area contributed by atoms with Crippen LogP contribution < -0.4 is 4.72 Å². The quantitative estimate of drug-likeness (QED) is 0.788. The molecule has 18 heavy (non-hydrogen) atoms. The molecule has 0 atom stereocenters. The van der Waals surface area contributed by atoms with Crippen molar-refractivity contribution in [3.63, 3.8) is 0 Å². The van der Waals surface area contributed by atoms with Crippen LogP contribution in [0.4, 0.5) is 5.88 Å². The van der Waals surface area contributed by atoms with Gasteiger partial charge >= 0.3 is 0 Å². The fourth-order valence-electron chi connectivity index (χ4n) is 1.44. The molecule has 0 saturated carbocycles. The van der Waals surface area contributed by atoms with Gasteiger partial charge in [0, 0.05) is 5.56 Å². The minimum absolute atomic E-state index is 0.000694. The predicted octanol–water partition coefficient (Wildman–Crippen LogP) is 1.73. The zero-order valence-electron chi connectivity index (χ0n) is 9.41. The molecule has 0 aliphatic rings. The van der Waals surface area contributed by atoms with E-state index < -0.39 is 27.4 Å². The summed E-state index contributed by atoms with van der Waals surface area (Å²) in [5.74, 6) is -1.56. The molecule has 0 radical (unpaired) electrons. The Balaban J connectivity index is 2.50. The molecule has 0 unspecified atom stereocenters. The van der Waals surface area contributed by atoms with Crippen LogP contribution in [0.15, 0.2) is 34.7 Å². The molecule has 0 aliphatic carbocycles. The molecule has 6 nitrogen and oxygen atoms in total. The lowest BCUT2D eigenvalue weighted by Crippen LogP contribution is -2.08. The molecule has 0 saturated heterocycles. The number of furan rings is 1. The first-order valence-electron chi connectivity index (χ1n) is 4.96. The number of rotatable bonds is 3. The third-order valence-electron chi connectivity index (χ3n) is 2.17. The minimum atomic E-state index is -3.60. The smallest absolute Gasteiger partial charge is 0.253 e. The molecular formula is C11H11NO5S. The Labute approximate surface area is 104 Å². The van der Waals surface area contributed by atoms with Crippen LogP contribution in [0.2, 0.25) is 0 Å². The van der Waals surface area contributed by atoms with Gasteiger partial charge in [0.15, 0.2) is 5.76 Å². The molecule has 1 heterocycles. The summed E-state index contributed by atoms with van der Waals surface area (Å²) in [7, 11) is -3.60. The van der Waals surface area contributed by atoms with Crippen LogP contribution in [0.25, 0.3) is 11.3 Å². The van der Waals surface area contributed by atoms with Gasteiger partial charge < -0.3 is 14.6 Å². The number of sulfonamides is 1. The normalized spacial score (nSPS) is 11.4. The van der Waals surface area contributed by atoms with E-state index >= 15 is 0 Å². The van der Waals surface area contributed by atoms with Gasteiger partial charge in [0.1, 0.15) is 0 Å². The first-order chi connectivity index (χ1) is 8.38. The Bertz CT molecular complexity index is 660. The highest BCUT2D eigenvalue weighted by molar-refractivity contribution is 7.92. The maximum atomic E-state index is 11.0. The molecule has 1 aromatic heterocycles. The average molecular weight is 269 g/mol. The summed E-state index contributed by atoms with van der Waals surface area (Å²) in [6.07, 6.45) is 0.911. The van der Waals surface area contributed by atoms with Gasteiger partial charge in [-0.25, -0.2) is 8.42 Å². The molecule has 0 spiro atoms. The van der Waals surface area contributed by atoms with Gasteiger partial charge in [-0.3, -0.25) is 4.72 Å². The molecule has 0 fully saturated rings. The molecule has 0 bridgehead atoms. The molecule has 0 aliphatic heterocycles. The Kier molecular flexibility index (Phi) is 2.92. The third kappa shape index (κ3) is 2.40. The second kappa shape index (κ2) is 4.26. The Morgan fingerprint density at radius 2 is 1.72 bits per heavy atom. The van der Waals surface area contributed by atoms with E-state index in [1.807, 2.05) is 4.72 Å². The lowest BCUT2D eigenvalue weighted by Gasteiger charge is -1.98. The Hall–Kier alpha value is -2.15. The van der Waals surface area contributed by atoms with Gasteiger partial charge in [0.05, 0.1) is 6.26 Å². The van der Waals surface area contributed by atoms with Gasteiger partial charge in [-0.2, -0.15) is 0 Å². The zero-order valence-corrected chi connectivity index (χ0v) is 10.2. The van der Waals surface area contributed by atoms with Crippen molar-refractivity contribution in [1.29, 1.82) is 0 Å². The summed E-state index contributed by atoms with van der Waals surface area (Å²) in [5, 5.41) is 19.3. The zero-order chi connectivity index (χ0) is 13.3. The molecule has 3 N–H and O–H groups in total. The average Bonchev–Trinajstić information content (AvgIpc) is 2.57. The van der Waals surface area contributed by atoms with Gasteiger partial charge in [-0.15, -0.1) is 0 Å². The summed E-state index contributed by atoms with van der Waals surface area (Å²) in [5.41, 5.74) is 0.520. The van der Waals surface area contributed by atoms with Crippen LogP contribution in [0.3, 0.4) is 0 Å². The number of anilines is 1. The number of hydrogen-bond donors (Lipinski definition) is 3. The monoisotopic (exact) mass is 269 g/mol. The van der Waals surface area contributed by atoms with E-state index in [4.69, 9.17) is 4.42 Å². The fraction of sp³-hybridized carbons (Fsp3) is 0.0909. The predicted molar refractivity (Wildman–Crippen MR) is 65.9 cm³/mol. The van der Waals surface area contributed by atoms with E-state index in [0.717, 1.165) is 6.26 Å². The lowest BCUT2D eigenvalue weighted by atomic mass is 10.1. The van der Waals surface area contributed by atoms with Crippen LogP contribution in [-0.4, -0.2) is 24.9 Å². The van der Waals surface area contributed by atoms with Crippen LogP contribution in [-0.2, 0) is 10.0 Å². The van der Waals surface area contributed by atoms with E-state index in [9.17, 15) is 18.6 Å². The third-order valence-corrected chi connectivity index (χ3v) is 2.73. The highest BCUT2D eigenvalue weighted by Gasteiger charge is 2.22. The van der Waals surface area contributed by atoms with E-state index in [-0.39, 0.29) is 5.76 Å². The van der Waals surface area contributed by atoms with Gasteiger partial charge in [-0.05, 0) is 0 Å². The Morgan fingerprint density at radius 1 is 1.11 bits per heavy atom. The van der Waals surface area contributed by atoms with Crippen molar-refractivity contribution in [2.45, 2.75) is 0 Å². The van der Waals surface area contributed by atoms with E-state index in [2.05, 4.69) is 0 Å². The van der Waals surface area contributed by atoms with Crippen molar-refractivity contribution in [2.75, 3.05) is 11.0 Å². The molecule has 7 heteroatoms. The molecule has 1 aromatic carbocycles. The molecule has 0 amide bonds. The van der Waals surface area contributed by atoms with Crippen molar-refractivity contribution < 1.29 is 23.0 Å². The van der Waals surface area contributed by atoms with E-state index in [0.29, 0.717) is 5.56 Å². The largest absolute Gasteiger partial charge is 0.502 e. The fourth-order valence-corrected chi connectivity index (χ4v) is 1.91. The number of hydrogen-bond acceptors (Lipinski definition) is 5. The van der Waals surface area contributed by atoms with Crippen LogP contribution in [0.5, 0.6) is 11.5 Å². The molecular weight excluding hydrogens is 258 g/mol. The van der Waals surface area contributed by atoms with Crippen molar-refractivity contribution in [2.24, 2.45) is 0 Å². The second-order valence-corrected chi connectivity index (χ2v) is 5.45. The van der Waals surface area contributed by atoms with Gasteiger partial charge in [-0.1, -0.05) is 30.3 Å².